The molecule has 0 aliphatic heterocycles. The average Bonchev–Trinajstić information content (AvgIpc) is 2.26. The van der Waals surface area contributed by atoms with Crippen LogP contribution >= 0.6 is 15.9 Å². The molecule has 0 aliphatic carbocycles. The monoisotopic (exact) mass is 302 g/mol. The number of hydrogen-bond donors (Lipinski definition) is 1. The first-order valence-electron chi connectivity index (χ1n) is 5.06. The summed E-state index contributed by atoms with van der Waals surface area (Å²) in [6, 6.07) is 4.98. The number of benzene rings is 1. The van der Waals surface area contributed by atoms with Crippen LogP contribution in [0.15, 0.2) is 22.7 Å². The molecular formula is C12H15BrO4. The van der Waals surface area contributed by atoms with Gasteiger partial charge in [0, 0.05) is 4.47 Å². The van der Waals surface area contributed by atoms with Crippen molar-refractivity contribution in [2.45, 2.75) is 19.4 Å². The van der Waals surface area contributed by atoms with E-state index >= 15 is 0 Å². The minimum absolute atomic E-state index is 0.148. The summed E-state index contributed by atoms with van der Waals surface area (Å²) >= 11 is 3.26. The van der Waals surface area contributed by atoms with Crippen molar-refractivity contribution in [2.24, 2.45) is 0 Å². The molecule has 0 fully saturated rings. The van der Waals surface area contributed by atoms with E-state index in [1.54, 1.807) is 32.0 Å². The van der Waals surface area contributed by atoms with E-state index < -0.39 is 11.6 Å². The third kappa shape index (κ3) is 4.36. The molecule has 5 heteroatoms. The number of hydrogen-bond acceptors (Lipinski definition) is 4. The van der Waals surface area contributed by atoms with Gasteiger partial charge in [0.15, 0.2) is 0 Å². The highest BCUT2D eigenvalue weighted by atomic mass is 79.9. The van der Waals surface area contributed by atoms with E-state index in [1.807, 2.05) is 0 Å². The number of methoxy groups -OCH3 is 1. The molecule has 0 atom stereocenters. The molecule has 0 amide bonds. The van der Waals surface area contributed by atoms with Crippen LogP contribution in [0.2, 0.25) is 0 Å². The number of halogens is 1. The van der Waals surface area contributed by atoms with Crippen LogP contribution in [0.3, 0.4) is 0 Å². The molecule has 17 heavy (non-hydrogen) atoms. The fourth-order valence-corrected chi connectivity index (χ4v) is 1.53. The van der Waals surface area contributed by atoms with E-state index in [0.29, 0.717) is 15.8 Å². The zero-order valence-electron chi connectivity index (χ0n) is 9.99. The molecule has 0 spiro atoms. The number of ether oxygens (including phenoxy) is 2. The molecule has 0 heterocycles. The predicted octanol–water partition coefficient (Wildman–Crippen LogP) is 2.39. The highest BCUT2D eigenvalue weighted by Crippen LogP contribution is 2.23. The highest BCUT2D eigenvalue weighted by Gasteiger charge is 2.15. The van der Waals surface area contributed by atoms with Gasteiger partial charge < -0.3 is 14.6 Å². The first kappa shape index (κ1) is 14.0. The van der Waals surface area contributed by atoms with Crippen molar-refractivity contribution >= 4 is 21.9 Å². The van der Waals surface area contributed by atoms with Crippen molar-refractivity contribution < 1.29 is 19.4 Å². The first-order chi connectivity index (χ1) is 7.83. The van der Waals surface area contributed by atoms with Gasteiger partial charge in [0.25, 0.3) is 0 Å². The normalized spacial score (nSPS) is 11.1. The summed E-state index contributed by atoms with van der Waals surface area (Å²) in [5.74, 6) is 0.0707. The SMILES string of the molecule is COC(=O)c1cc(OCC(C)(C)O)ccc1Br. The molecule has 94 valence electrons. The molecule has 0 saturated heterocycles. The smallest absolute Gasteiger partial charge is 0.339 e. The van der Waals surface area contributed by atoms with Crippen LogP contribution in [0.25, 0.3) is 0 Å². The van der Waals surface area contributed by atoms with Gasteiger partial charge in [-0.25, -0.2) is 4.79 Å². The zero-order chi connectivity index (χ0) is 13.1. The maximum atomic E-state index is 11.4. The molecule has 0 radical (unpaired) electrons. The van der Waals surface area contributed by atoms with Crippen molar-refractivity contribution in [3.63, 3.8) is 0 Å². The number of rotatable bonds is 4. The van der Waals surface area contributed by atoms with Crippen molar-refractivity contribution in [3.8, 4) is 5.75 Å². The van der Waals surface area contributed by atoms with E-state index in [9.17, 15) is 9.90 Å². The Labute approximate surface area is 109 Å². The van der Waals surface area contributed by atoms with Gasteiger partial charge in [0.2, 0.25) is 0 Å². The maximum absolute atomic E-state index is 11.4. The van der Waals surface area contributed by atoms with Gasteiger partial charge >= 0.3 is 5.97 Å². The van der Waals surface area contributed by atoms with Gasteiger partial charge in [0.05, 0.1) is 18.3 Å². The Morgan fingerprint density at radius 1 is 1.47 bits per heavy atom. The molecule has 0 aromatic heterocycles. The molecule has 4 nitrogen and oxygen atoms in total. The Kier molecular flexibility index (Phi) is 4.54. The zero-order valence-corrected chi connectivity index (χ0v) is 11.6. The molecule has 0 aliphatic rings. The average molecular weight is 303 g/mol. The molecule has 1 aromatic carbocycles. The van der Waals surface area contributed by atoms with Gasteiger partial charge in [-0.1, -0.05) is 0 Å². The third-order valence-electron chi connectivity index (χ3n) is 1.94. The largest absolute Gasteiger partial charge is 0.491 e. The Balaban J connectivity index is 2.86. The lowest BCUT2D eigenvalue weighted by Gasteiger charge is -2.18. The van der Waals surface area contributed by atoms with Gasteiger partial charge in [-0.05, 0) is 48.0 Å². The van der Waals surface area contributed by atoms with E-state index in [4.69, 9.17) is 4.74 Å². The van der Waals surface area contributed by atoms with Gasteiger partial charge in [0.1, 0.15) is 12.4 Å². The van der Waals surface area contributed by atoms with E-state index in [-0.39, 0.29) is 6.61 Å². The van der Waals surface area contributed by atoms with Crippen LogP contribution in [0, 0.1) is 0 Å². The lowest BCUT2D eigenvalue weighted by molar-refractivity contribution is 0.0284. The van der Waals surface area contributed by atoms with Crippen molar-refractivity contribution in [1.29, 1.82) is 0 Å². The van der Waals surface area contributed by atoms with Crippen LogP contribution in [-0.2, 0) is 4.74 Å². The molecule has 1 rings (SSSR count). The van der Waals surface area contributed by atoms with Crippen LogP contribution in [0.5, 0.6) is 5.75 Å². The number of carbonyl (C=O) groups excluding carboxylic acids is 1. The number of esters is 1. The fourth-order valence-electron chi connectivity index (χ4n) is 1.12. The van der Waals surface area contributed by atoms with Crippen LogP contribution in [0.4, 0.5) is 0 Å². The number of aliphatic hydroxyl groups is 1. The van der Waals surface area contributed by atoms with Crippen molar-refractivity contribution in [1.82, 2.24) is 0 Å². The summed E-state index contributed by atoms with van der Waals surface area (Å²) in [5.41, 5.74) is -0.529. The fraction of sp³-hybridized carbons (Fsp3) is 0.417. The summed E-state index contributed by atoms with van der Waals surface area (Å²) in [4.78, 5) is 11.4. The topological polar surface area (TPSA) is 55.8 Å². The first-order valence-corrected chi connectivity index (χ1v) is 5.86. The summed E-state index contributed by atoms with van der Waals surface area (Å²) < 4.78 is 10.7. The Hall–Kier alpha value is -1.07. The van der Waals surface area contributed by atoms with Gasteiger partial charge in [-0.3, -0.25) is 0 Å². The maximum Gasteiger partial charge on any atom is 0.339 e. The minimum Gasteiger partial charge on any atom is -0.491 e. The molecule has 1 aromatic rings. The molecule has 0 unspecified atom stereocenters. The quantitative estimate of drug-likeness (QED) is 0.868. The summed E-state index contributed by atoms with van der Waals surface area (Å²) in [7, 11) is 1.32. The number of carbonyl (C=O) groups is 1. The summed E-state index contributed by atoms with van der Waals surface area (Å²) in [6.45, 7) is 3.44. The predicted molar refractivity (Wildman–Crippen MR) is 67.3 cm³/mol. The highest BCUT2D eigenvalue weighted by molar-refractivity contribution is 9.10. The molecule has 1 N–H and O–H groups in total. The van der Waals surface area contributed by atoms with E-state index in [0.717, 1.165) is 0 Å². The Bertz CT molecular complexity index is 409. The van der Waals surface area contributed by atoms with Crippen LogP contribution in [0.1, 0.15) is 24.2 Å². The van der Waals surface area contributed by atoms with Crippen LogP contribution < -0.4 is 4.74 Å². The second kappa shape index (κ2) is 5.51. The van der Waals surface area contributed by atoms with Gasteiger partial charge in [-0.15, -0.1) is 0 Å². The Morgan fingerprint density at radius 2 is 2.12 bits per heavy atom. The summed E-state index contributed by atoms with van der Waals surface area (Å²) in [6.07, 6.45) is 0. The minimum atomic E-state index is -0.918. The second-order valence-corrected chi connectivity index (χ2v) is 5.09. The summed E-state index contributed by atoms with van der Waals surface area (Å²) in [5, 5.41) is 9.53. The van der Waals surface area contributed by atoms with E-state index in [1.165, 1.54) is 7.11 Å². The Morgan fingerprint density at radius 3 is 2.65 bits per heavy atom. The van der Waals surface area contributed by atoms with E-state index in [2.05, 4.69) is 20.7 Å². The van der Waals surface area contributed by atoms with Gasteiger partial charge in [-0.2, -0.15) is 0 Å². The third-order valence-corrected chi connectivity index (χ3v) is 2.63. The second-order valence-electron chi connectivity index (χ2n) is 4.23. The van der Waals surface area contributed by atoms with Crippen LogP contribution in [-0.4, -0.2) is 30.4 Å². The standard InChI is InChI=1S/C12H15BrO4/c1-12(2,15)7-17-8-4-5-10(13)9(6-8)11(14)16-3/h4-6,15H,7H2,1-3H3. The van der Waals surface area contributed by atoms with Crippen molar-refractivity contribution in [2.75, 3.05) is 13.7 Å². The lowest BCUT2D eigenvalue weighted by Crippen LogP contribution is -2.27. The lowest BCUT2D eigenvalue weighted by atomic mass is 10.1. The molecule has 0 bridgehead atoms. The molecular weight excluding hydrogens is 288 g/mol. The van der Waals surface area contributed by atoms with Crippen molar-refractivity contribution in [3.05, 3.63) is 28.2 Å². The molecule has 0 saturated carbocycles.